The molecule has 1 aliphatic heterocycles. The summed E-state index contributed by atoms with van der Waals surface area (Å²) in [6, 6.07) is 6.13. The number of hydrogen-bond donors (Lipinski definition) is 1. The van der Waals surface area contributed by atoms with E-state index in [0.717, 1.165) is 61.4 Å². The molecular formula is C26H38N2O5. The summed E-state index contributed by atoms with van der Waals surface area (Å²) in [5.74, 6) is 1.42. The van der Waals surface area contributed by atoms with Crippen molar-refractivity contribution in [1.82, 2.24) is 9.88 Å². The van der Waals surface area contributed by atoms with Crippen molar-refractivity contribution < 1.29 is 18.9 Å². The molecule has 1 aromatic heterocycles. The van der Waals surface area contributed by atoms with Gasteiger partial charge < -0.3 is 28.8 Å². The lowest BCUT2D eigenvalue weighted by Gasteiger charge is -2.31. The van der Waals surface area contributed by atoms with Crippen LogP contribution in [-0.4, -0.2) is 51.8 Å². The number of nitrogens with one attached hydrogen (secondary N) is 1. The molecule has 1 N–H and O–H groups in total. The van der Waals surface area contributed by atoms with Gasteiger partial charge in [-0.25, -0.2) is 0 Å². The summed E-state index contributed by atoms with van der Waals surface area (Å²) in [5.41, 5.74) is 3.98. The number of hydrogen-bond acceptors (Lipinski definition) is 6. The Hall–Kier alpha value is -2.35. The highest BCUT2D eigenvalue weighted by Gasteiger charge is 2.26. The number of methoxy groups -OCH3 is 2. The molecule has 1 aliphatic rings. The Balaban J connectivity index is 1.84. The van der Waals surface area contributed by atoms with Crippen LogP contribution in [0.5, 0.6) is 11.5 Å². The second-order valence-corrected chi connectivity index (χ2v) is 8.37. The molecule has 33 heavy (non-hydrogen) atoms. The highest BCUT2D eigenvalue weighted by molar-refractivity contribution is 5.70. The van der Waals surface area contributed by atoms with Gasteiger partial charge in [0.05, 0.1) is 26.0 Å². The monoisotopic (exact) mass is 458 g/mol. The molecule has 0 saturated carbocycles. The minimum Gasteiger partial charge on any atom is -0.493 e. The highest BCUT2D eigenvalue weighted by atomic mass is 16.5. The van der Waals surface area contributed by atoms with Crippen molar-refractivity contribution in [3.05, 3.63) is 45.7 Å². The predicted octanol–water partition coefficient (Wildman–Crippen LogP) is 3.96. The van der Waals surface area contributed by atoms with Gasteiger partial charge in [0.1, 0.15) is 0 Å². The minimum absolute atomic E-state index is 0.0461. The lowest BCUT2D eigenvalue weighted by Crippen LogP contribution is -2.27. The van der Waals surface area contributed by atoms with Crippen LogP contribution in [0.25, 0.3) is 11.3 Å². The molecule has 1 unspecified atom stereocenters. The quantitative estimate of drug-likeness (QED) is 0.432. The van der Waals surface area contributed by atoms with Crippen molar-refractivity contribution >= 4 is 0 Å². The maximum atomic E-state index is 12.9. The fourth-order valence-electron chi connectivity index (χ4n) is 4.22. The molecule has 0 saturated heterocycles. The average molecular weight is 459 g/mol. The number of aromatic nitrogens is 1. The Bertz CT molecular complexity index is 956. The molecule has 182 valence electrons. The molecule has 0 radical (unpaired) electrons. The maximum Gasteiger partial charge on any atom is 0.186 e. The van der Waals surface area contributed by atoms with Crippen LogP contribution in [0.1, 0.15) is 50.3 Å². The van der Waals surface area contributed by atoms with Gasteiger partial charge in [0.15, 0.2) is 16.9 Å². The maximum absolute atomic E-state index is 12.9. The summed E-state index contributed by atoms with van der Waals surface area (Å²) in [6.45, 7) is 8.19. The third kappa shape index (κ3) is 6.37. The fraction of sp³-hybridized carbons (Fsp3) is 0.577. The Labute approximate surface area is 197 Å². The zero-order valence-corrected chi connectivity index (χ0v) is 20.4. The molecule has 1 aromatic carbocycles. The highest BCUT2D eigenvalue weighted by Crippen LogP contribution is 2.41. The van der Waals surface area contributed by atoms with Crippen LogP contribution >= 0.6 is 0 Å². The number of pyridine rings is 1. The van der Waals surface area contributed by atoms with Crippen molar-refractivity contribution in [3.63, 3.8) is 0 Å². The molecule has 0 amide bonds. The Kier molecular flexibility index (Phi) is 9.78. The normalized spacial score (nSPS) is 14.6. The second kappa shape index (κ2) is 12.8. The fourth-order valence-corrected chi connectivity index (χ4v) is 4.22. The first-order chi connectivity index (χ1) is 16.1. The van der Waals surface area contributed by atoms with E-state index in [-0.39, 0.29) is 11.5 Å². The minimum atomic E-state index is 0.0461. The molecule has 2 heterocycles. The Morgan fingerprint density at radius 2 is 1.91 bits per heavy atom. The van der Waals surface area contributed by atoms with Gasteiger partial charge in [-0.15, -0.1) is 0 Å². The molecule has 7 heteroatoms. The summed E-state index contributed by atoms with van der Waals surface area (Å²) in [5, 5.41) is 3.33. The number of nitrogens with zero attached hydrogens (tertiary/aromatic N) is 1. The van der Waals surface area contributed by atoms with Crippen LogP contribution in [-0.2, 0) is 22.4 Å². The van der Waals surface area contributed by atoms with Crippen LogP contribution < -0.4 is 20.2 Å². The summed E-state index contributed by atoms with van der Waals surface area (Å²) >= 11 is 0. The summed E-state index contributed by atoms with van der Waals surface area (Å²) < 4.78 is 24.5. The number of fused-ring (bicyclic) bond motifs is 3. The molecule has 2 aromatic rings. The molecule has 0 spiro atoms. The lowest BCUT2D eigenvalue weighted by molar-refractivity contribution is 0.136. The van der Waals surface area contributed by atoms with E-state index in [9.17, 15) is 4.79 Å². The van der Waals surface area contributed by atoms with Gasteiger partial charge in [0, 0.05) is 69.3 Å². The zero-order valence-electron chi connectivity index (χ0n) is 20.4. The van der Waals surface area contributed by atoms with Crippen LogP contribution in [0.3, 0.4) is 0 Å². The molecule has 0 bridgehead atoms. The number of rotatable bonds is 14. The van der Waals surface area contributed by atoms with Crippen LogP contribution in [0, 0.1) is 0 Å². The van der Waals surface area contributed by atoms with Gasteiger partial charge in [-0.05, 0) is 37.0 Å². The van der Waals surface area contributed by atoms with E-state index < -0.39 is 0 Å². The zero-order chi connectivity index (χ0) is 23.6. The first-order valence-corrected chi connectivity index (χ1v) is 12.0. The largest absolute Gasteiger partial charge is 0.493 e. The second-order valence-electron chi connectivity index (χ2n) is 8.37. The van der Waals surface area contributed by atoms with E-state index in [1.165, 1.54) is 5.56 Å². The molecule has 3 rings (SSSR count). The van der Waals surface area contributed by atoms with E-state index in [1.807, 2.05) is 12.3 Å². The molecule has 7 nitrogen and oxygen atoms in total. The van der Waals surface area contributed by atoms with Gasteiger partial charge >= 0.3 is 0 Å². The van der Waals surface area contributed by atoms with E-state index in [1.54, 1.807) is 20.3 Å². The van der Waals surface area contributed by atoms with Crippen LogP contribution in [0.2, 0.25) is 0 Å². The van der Waals surface area contributed by atoms with Crippen LogP contribution in [0.15, 0.2) is 29.2 Å². The molecule has 0 fully saturated rings. The predicted molar refractivity (Wildman–Crippen MR) is 131 cm³/mol. The van der Waals surface area contributed by atoms with E-state index in [4.69, 9.17) is 18.9 Å². The van der Waals surface area contributed by atoms with Gasteiger partial charge in [0.2, 0.25) is 0 Å². The lowest BCUT2D eigenvalue weighted by atomic mass is 9.90. The Morgan fingerprint density at radius 3 is 2.64 bits per heavy atom. The van der Waals surface area contributed by atoms with E-state index in [0.29, 0.717) is 32.1 Å². The molecule has 1 atom stereocenters. The van der Waals surface area contributed by atoms with Gasteiger partial charge in [-0.1, -0.05) is 13.8 Å². The standard InChI is InChI=1S/C26H38N2O5/c1-5-9-32-12-8-27-17-20-18-28-21(6-2)13-19-14-26(33-11-7-10-30-3)25(31-4)15-22(19)23(28)16-24(20)29/h14-16,18,21,27H,5-13,17H2,1-4H3. The third-order valence-corrected chi connectivity index (χ3v) is 5.98. The SMILES string of the molecule is CCCOCCNCc1cn2c(cc1=O)-c1cc(OC)c(OCCCOC)cc1CC2CC. The van der Waals surface area contributed by atoms with Gasteiger partial charge in [-0.2, -0.15) is 0 Å². The van der Waals surface area contributed by atoms with Crippen molar-refractivity contribution in [1.29, 1.82) is 0 Å². The smallest absolute Gasteiger partial charge is 0.186 e. The van der Waals surface area contributed by atoms with Gasteiger partial charge in [-0.3, -0.25) is 4.79 Å². The van der Waals surface area contributed by atoms with Crippen molar-refractivity contribution in [2.24, 2.45) is 0 Å². The Morgan fingerprint density at radius 1 is 1.06 bits per heavy atom. The first kappa shape index (κ1) is 25.3. The van der Waals surface area contributed by atoms with E-state index >= 15 is 0 Å². The van der Waals surface area contributed by atoms with Gasteiger partial charge in [0.25, 0.3) is 0 Å². The molecule has 0 aliphatic carbocycles. The van der Waals surface area contributed by atoms with Crippen molar-refractivity contribution in [3.8, 4) is 22.8 Å². The first-order valence-electron chi connectivity index (χ1n) is 12.0. The summed E-state index contributed by atoms with van der Waals surface area (Å²) in [7, 11) is 3.33. The average Bonchev–Trinajstić information content (AvgIpc) is 2.83. The number of benzene rings is 1. The van der Waals surface area contributed by atoms with Crippen LogP contribution in [0.4, 0.5) is 0 Å². The van der Waals surface area contributed by atoms with Crippen molar-refractivity contribution in [2.45, 2.75) is 52.1 Å². The van der Waals surface area contributed by atoms with E-state index in [2.05, 4.69) is 29.8 Å². The molecular weight excluding hydrogens is 420 g/mol. The topological polar surface area (TPSA) is 71.0 Å². The van der Waals surface area contributed by atoms with Crippen molar-refractivity contribution in [2.75, 3.05) is 47.2 Å². The number of ether oxygens (including phenoxy) is 4. The summed E-state index contributed by atoms with van der Waals surface area (Å²) in [4.78, 5) is 12.9. The summed E-state index contributed by atoms with van der Waals surface area (Å²) in [6.07, 6.45) is 5.71. The third-order valence-electron chi connectivity index (χ3n) is 5.98.